The number of nitrogens with zero attached hydrogens (tertiary/aromatic N) is 4. The number of carboxylic acid groups (broad SMARTS) is 1. The first-order valence-electron chi connectivity index (χ1n) is 8.92. The molecule has 0 saturated heterocycles. The van der Waals surface area contributed by atoms with Gasteiger partial charge >= 0.3 is 12.0 Å². The van der Waals surface area contributed by atoms with Gasteiger partial charge in [0.15, 0.2) is 5.82 Å². The number of halogens is 1. The van der Waals surface area contributed by atoms with Crippen LogP contribution in [-0.4, -0.2) is 51.1 Å². The second-order valence-corrected chi connectivity index (χ2v) is 6.80. The van der Waals surface area contributed by atoms with Crippen molar-refractivity contribution in [3.63, 3.8) is 0 Å². The number of nitrogens with one attached hydrogen (secondary N) is 1. The predicted octanol–water partition coefficient (Wildman–Crippen LogP) is 2.09. The maximum absolute atomic E-state index is 12.5. The molecule has 0 atom stereocenters. The summed E-state index contributed by atoms with van der Waals surface area (Å²) in [6.07, 6.45) is 0. The van der Waals surface area contributed by atoms with Gasteiger partial charge in [-0.05, 0) is 24.3 Å². The highest BCUT2D eigenvalue weighted by Crippen LogP contribution is 2.30. The van der Waals surface area contributed by atoms with Crippen molar-refractivity contribution in [2.45, 2.75) is 6.54 Å². The lowest BCUT2D eigenvalue weighted by atomic mass is 9.98. The number of benzene rings is 2. The van der Waals surface area contributed by atoms with Crippen molar-refractivity contribution >= 4 is 29.2 Å². The number of carboxylic acids is 1. The molecule has 9 nitrogen and oxygen atoms in total. The van der Waals surface area contributed by atoms with E-state index in [1.54, 1.807) is 28.8 Å². The molecule has 0 radical (unpaired) electrons. The van der Waals surface area contributed by atoms with E-state index in [1.807, 2.05) is 18.2 Å². The van der Waals surface area contributed by atoms with Crippen molar-refractivity contribution in [1.29, 1.82) is 0 Å². The van der Waals surface area contributed by atoms with Crippen LogP contribution in [0.3, 0.4) is 0 Å². The minimum absolute atomic E-state index is 0.228. The Morgan fingerprint density at radius 3 is 2.73 bits per heavy atom. The fourth-order valence-corrected chi connectivity index (χ4v) is 3.44. The Kier molecular flexibility index (Phi) is 5.20. The molecule has 152 valence electrons. The Bertz CT molecular complexity index is 1190. The van der Waals surface area contributed by atoms with Crippen molar-refractivity contribution in [2.75, 3.05) is 13.7 Å². The standard InChI is InChI=1S/C20H16ClN5O4/c1-30-20-25-24-16-9-22-18(12-4-2-3-5-14(12)21)13-8-11(6-7-15(13)26(16)20)19(29)23-10-17(27)28/h2-8H,9-10H2,1H3,(H,23,29)(H,27,28). The highest BCUT2D eigenvalue weighted by atomic mass is 35.5. The van der Waals surface area contributed by atoms with Crippen LogP contribution < -0.4 is 10.1 Å². The molecule has 0 spiro atoms. The summed E-state index contributed by atoms with van der Waals surface area (Å²) < 4.78 is 7.06. The molecule has 0 saturated carbocycles. The Labute approximate surface area is 176 Å². The number of aromatic nitrogens is 3. The first-order valence-corrected chi connectivity index (χ1v) is 9.30. The predicted molar refractivity (Wildman–Crippen MR) is 109 cm³/mol. The molecule has 30 heavy (non-hydrogen) atoms. The third-order valence-corrected chi connectivity index (χ3v) is 4.88. The molecule has 10 heteroatoms. The summed E-state index contributed by atoms with van der Waals surface area (Å²) in [6, 6.07) is 12.5. The number of carbonyl (C=O) groups is 2. The summed E-state index contributed by atoms with van der Waals surface area (Å²) in [5.41, 5.74) is 2.84. The van der Waals surface area contributed by atoms with Crippen LogP contribution in [0, 0.1) is 0 Å². The Balaban J connectivity index is 1.89. The Morgan fingerprint density at radius 1 is 1.20 bits per heavy atom. The number of rotatable bonds is 5. The summed E-state index contributed by atoms with van der Waals surface area (Å²) in [7, 11) is 1.49. The smallest absolute Gasteiger partial charge is 0.322 e. The van der Waals surface area contributed by atoms with Gasteiger partial charge in [-0.25, -0.2) is 4.57 Å². The Morgan fingerprint density at radius 2 is 2.00 bits per heavy atom. The van der Waals surface area contributed by atoms with Crippen LogP contribution in [0.5, 0.6) is 6.01 Å². The number of aliphatic carboxylic acids is 1. The summed E-state index contributed by atoms with van der Waals surface area (Å²) >= 11 is 6.42. The van der Waals surface area contributed by atoms with E-state index in [-0.39, 0.29) is 18.1 Å². The van der Waals surface area contributed by atoms with Gasteiger partial charge in [0.25, 0.3) is 5.91 Å². The van der Waals surface area contributed by atoms with E-state index in [9.17, 15) is 9.59 Å². The average Bonchev–Trinajstić information content (AvgIpc) is 3.08. The zero-order chi connectivity index (χ0) is 21.3. The molecule has 0 aliphatic carbocycles. The van der Waals surface area contributed by atoms with Crippen LogP contribution in [-0.2, 0) is 11.3 Å². The monoisotopic (exact) mass is 425 g/mol. The number of amides is 1. The van der Waals surface area contributed by atoms with Gasteiger partial charge < -0.3 is 15.2 Å². The zero-order valence-electron chi connectivity index (χ0n) is 15.8. The molecular formula is C20H16ClN5O4. The van der Waals surface area contributed by atoms with Crippen LogP contribution in [0.2, 0.25) is 5.02 Å². The van der Waals surface area contributed by atoms with E-state index in [0.29, 0.717) is 33.4 Å². The SMILES string of the molecule is COc1nnc2n1-c1ccc(C(=O)NCC(=O)O)cc1C(c1ccccc1Cl)=NC2. The molecule has 2 aromatic carbocycles. The second-order valence-electron chi connectivity index (χ2n) is 6.39. The molecule has 1 aliphatic heterocycles. The molecule has 0 bridgehead atoms. The first-order chi connectivity index (χ1) is 14.5. The van der Waals surface area contributed by atoms with Gasteiger partial charge in [-0.15, -0.1) is 5.10 Å². The van der Waals surface area contributed by atoms with Gasteiger partial charge in [-0.1, -0.05) is 34.9 Å². The molecule has 0 fully saturated rings. The third kappa shape index (κ3) is 3.50. The average molecular weight is 426 g/mol. The van der Waals surface area contributed by atoms with Crippen LogP contribution in [0.1, 0.15) is 27.3 Å². The molecule has 2 N–H and O–H groups in total. The fourth-order valence-electron chi connectivity index (χ4n) is 3.22. The van der Waals surface area contributed by atoms with E-state index in [1.165, 1.54) is 7.11 Å². The molecule has 1 aromatic heterocycles. The second kappa shape index (κ2) is 7.96. The maximum Gasteiger partial charge on any atom is 0.322 e. The van der Waals surface area contributed by atoms with Gasteiger partial charge in [-0.3, -0.25) is 14.6 Å². The van der Waals surface area contributed by atoms with Crippen LogP contribution in [0.15, 0.2) is 47.5 Å². The normalized spacial score (nSPS) is 12.3. The van der Waals surface area contributed by atoms with Gasteiger partial charge in [0.05, 0.1) is 18.5 Å². The van der Waals surface area contributed by atoms with Crippen molar-refractivity contribution < 1.29 is 19.4 Å². The number of carbonyl (C=O) groups excluding carboxylic acids is 1. The highest BCUT2D eigenvalue weighted by Gasteiger charge is 2.25. The summed E-state index contributed by atoms with van der Waals surface area (Å²) in [5.74, 6) is -1.08. The molecular weight excluding hydrogens is 410 g/mol. The number of hydrogen-bond acceptors (Lipinski definition) is 6. The fraction of sp³-hybridized carbons (Fsp3) is 0.150. The number of methoxy groups -OCH3 is 1. The maximum atomic E-state index is 12.5. The molecule has 4 rings (SSSR count). The Hall–Kier alpha value is -3.72. The minimum atomic E-state index is -1.13. The number of aliphatic imine (C=N–C) groups is 1. The van der Waals surface area contributed by atoms with Crippen LogP contribution in [0.4, 0.5) is 0 Å². The minimum Gasteiger partial charge on any atom is -0.480 e. The van der Waals surface area contributed by atoms with Crippen molar-refractivity contribution in [1.82, 2.24) is 20.1 Å². The van der Waals surface area contributed by atoms with Gasteiger partial charge in [0.1, 0.15) is 13.1 Å². The van der Waals surface area contributed by atoms with Gasteiger partial charge in [-0.2, -0.15) is 0 Å². The van der Waals surface area contributed by atoms with E-state index < -0.39 is 18.4 Å². The number of fused-ring (bicyclic) bond motifs is 3. The van der Waals surface area contributed by atoms with Gasteiger partial charge in [0.2, 0.25) is 0 Å². The third-order valence-electron chi connectivity index (χ3n) is 4.55. The lowest BCUT2D eigenvalue weighted by Crippen LogP contribution is -2.29. The highest BCUT2D eigenvalue weighted by molar-refractivity contribution is 6.35. The van der Waals surface area contributed by atoms with Crippen molar-refractivity contribution in [2.24, 2.45) is 4.99 Å². The molecule has 3 aromatic rings. The molecule has 2 heterocycles. The molecule has 1 amide bonds. The topological polar surface area (TPSA) is 119 Å². The van der Waals surface area contributed by atoms with E-state index >= 15 is 0 Å². The van der Waals surface area contributed by atoms with E-state index in [4.69, 9.17) is 21.4 Å². The lowest BCUT2D eigenvalue weighted by molar-refractivity contribution is -0.135. The van der Waals surface area contributed by atoms with Crippen LogP contribution in [0.25, 0.3) is 5.69 Å². The number of ether oxygens (including phenoxy) is 1. The summed E-state index contributed by atoms with van der Waals surface area (Å²) in [5, 5.41) is 19.9. The van der Waals surface area contributed by atoms with Gasteiger partial charge in [0, 0.05) is 21.7 Å². The summed E-state index contributed by atoms with van der Waals surface area (Å²) in [4.78, 5) is 27.9. The lowest BCUT2D eigenvalue weighted by Gasteiger charge is -2.15. The van der Waals surface area contributed by atoms with E-state index in [2.05, 4.69) is 20.5 Å². The number of hydrogen-bond donors (Lipinski definition) is 2. The largest absolute Gasteiger partial charge is 0.480 e. The zero-order valence-corrected chi connectivity index (χ0v) is 16.6. The van der Waals surface area contributed by atoms with Crippen molar-refractivity contribution in [3.05, 3.63) is 70.0 Å². The van der Waals surface area contributed by atoms with Crippen molar-refractivity contribution in [3.8, 4) is 11.7 Å². The summed E-state index contributed by atoms with van der Waals surface area (Å²) in [6.45, 7) is -0.253. The first kappa shape index (κ1) is 19.6. The van der Waals surface area contributed by atoms with E-state index in [0.717, 1.165) is 0 Å². The van der Waals surface area contributed by atoms with Crippen LogP contribution >= 0.6 is 11.6 Å². The molecule has 1 aliphatic rings. The molecule has 0 unspecified atom stereocenters. The quantitative estimate of drug-likeness (QED) is 0.646.